The van der Waals surface area contributed by atoms with Gasteiger partial charge in [0.05, 0.1) is 17.1 Å². The number of urea groups is 1. The summed E-state index contributed by atoms with van der Waals surface area (Å²) in [5.74, 6) is 0.359. The molecular formula is C30H43FN6O3S. The number of Topliss-reactive ketones (excluding diaryl/α,β-unsaturated/α-hetero) is 1. The van der Waals surface area contributed by atoms with Gasteiger partial charge in [0, 0.05) is 51.1 Å². The van der Waals surface area contributed by atoms with Crippen molar-refractivity contribution in [1.82, 2.24) is 25.4 Å². The molecular weight excluding hydrogens is 543 g/mol. The van der Waals surface area contributed by atoms with Crippen molar-refractivity contribution in [3.63, 3.8) is 0 Å². The quantitative estimate of drug-likeness (QED) is 0.362. The van der Waals surface area contributed by atoms with Crippen molar-refractivity contribution in [2.45, 2.75) is 65.5 Å². The standard InChI is InChI=1S/C30H43FN6O3S/c1-19(2)32-27(39)18-37-13-11-26(34-29(40)35-30-33-20(3)28(41-30)21(4)38)24(17-37)16-36-12-5-6-23(15-36)14-22-7-9-25(31)10-8-22/h7-10,19,23-24,26H,5-6,11-18H2,1-4H3,(H,32,39)(H2,33,34,35,40)/t23-,24-,26+/m0/s1. The van der Waals surface area contributed by atoms with Crippen molar-refractivity contribution in [1.29, 1.82) is 0 Å². The van der Waals surface area contributed by atoms with Crippen LogP contribution in [-0.4, -0.2) is 83.9 Å². The monoisotopic (exact) mass is 586 g/mol. The van der Waals surface area contributed by atoms with Crippen molar-refractivity contribution in [3.8, 4) is 0 Å². The Morgan fingerprint density at radius 1 is 1.10 bits per heavy atom. The number of hydrogen-bond acceptors (Lipinski definition) is 7. The number of nitrogens with zero attached hydrogens (tertiary/aromatic N) is 3. The highest BCUT2D eigenvalue weighted by Gasteiger charge is 2.34. The van der Waals surface area contributed by atoms with E-state index in [2.05, 4.69) is 30.7 Å². The summed E-state index contributed by atoms with van der Waals surface area (Å²) in [4.78, 5) is 46.9. The third-order valence-electron chi connectivity index (χ3n) is 7.82. The van der Waals surface area contributed by atoms with Crippen molar-refractivity contribution < 1.29 is 18.8 Å². The zero-order chi connectivity index (χ0) is 29.5. The predicted octanol–water partition coefficient (Wildman–Crippen LogP) is 4.08. The van der Waals surface area contributed by atoms with E-state index in [1.807, 2.05) is 26.0 Å². The third-order valence-corrected chi connectivity index (χ3v) is 9.00. The number of amides is 3. The van der Waals surface area contributed by atoms with E-state index in [-0.39, 0.29) is 41.5 Å². The minimum Gasteiger partial charge on any atom is -0.353 e. The molecule has 3 heterocycles. The third kappa shape index (κ3) is 9.31. The molecule has 0 bridgehead atoms. The van der Waals surface area contributed by atoms with Crippen molar-refractivity contribution >= 4 is 34.2 Å². The topological polar surface area (TPSA) is 107 Å². The van der Waals surface area contributed by atoms with Crippen LogP contribution in [0, 0.1) is 24.6 Å². The van der Waals surface area contributed by atoms with Crippen LogP contribution in [0.4, 0.5) is 14.3 Å². The molecule has 2 aliphatic rings. The number of hydrogen-bond donors (Lipinski definition) is 3. The maximum Gasteiger partial charge on any atom is 0.321 e. The van der Waals surface area contributed by atoms with Crippen LogP contribution in [0.3, 0.4) is 0 Å². The van der Waals surface area contributed by atoms with Gasteiger partial charge in [0.15, 0.2) is 10.9 Å². The van der Waals surface area contributed by atoms with Crippen LogP contribution in [0.2, 0.25) is 0 Å². The number of likely N-dealkylation sites (tertiary alicyclic amines) is 2. The van der Waals surface area contributed by atoms with Gasteiger partial charge in [0.1, 0.15) is 5.82 Å². The van der Waals surface area contributed by atoms with E-state index < -0.39 is 0 Å². The number of thiazole rings is 1. The summed E-state index contributed by atoms with van der Waals surface area (Å²) in [6.07, 6.45) is 3.89. The minimum atomic E-state index is -0.331. The van der Waals surface area contributed by atoms with Gasteiger partial charge < -0.3 is 15.5 Å². The molecule has 1 aromatic heterocycles. The molecule has 2 aliphatic heterocycles. The molecule has 11 heteroatoms. The highest BCUT2D eigenvalue weighted by molar-refractivity contribution is 7.17. The first-order valence-electron chi connectivity index (χ1n) is 14.6. The van der Waals surface area contributed by atoms with Gasteiger partial charge in [-0.2, -0.15) is 0 Å². The molecule has 2 saturated heterocycles. The lowest BCUT2D eigenvalue weighted by atomic mass is 9.88. The zero-order valence-electron chi connectivity index (χ0n) is 24.5. The molecule has 3 atom stereocenters. The Balaban J connectivity index is 1.40. The first kappa shape index (κ1) is 31.1. The lowest BCUT2D eigenvalue weighted by molar-refractivity contribution is -0.123. The molecule has 2 aromatic rings. The van der Waals surface area contributed by atoms with Crippen molar-refractivity contribution in [3.05, 3.63) is 46.2 Å². The summed E-state index contributed by atoms with van der Waals surface area (Å²) < 4.78 is 13.4. The van der Waals surface area contributed by atoms with Gasteiger partial charge >= 0.3 is 6.03 Å². The Hall–Kier alpha value is -2.89. The average molecular weight is 587 g/mol. The average Bonchev–Trinajstić information content (AvgIpc) is 3.26. The van der Waals surface area contributed by atoms with E-state index in [1.165, 1.54) is 30.4 Å². The maximum atomic E-state index is 13.4. The van der Waals surface area contributed by atoms with Gasteiger partial charge in [0.25, 0.3) is 0 Å². The summed E-state index contributed by atoms with van der Waals surface area (Å²) in [7, 11) is 0. The Kier molecular flexibility index (Phi) is 10.9. The Bertz CT molecular complexity index is 1200. The van der Waals surface area contributed by atoms with Gasteiger partial charge in [-0.25, -0.2) is 14.2 Å². The van der Waals surface area contributed by atoms with Crippen molar-refractivity contribution in [2.75, 3.05) is 44.6 Å². The van der Waals surface area contributed by atoms with E-state index in [9.17, 15) is 18.8 Å². The number of benzene rings is 1. The van der Waals surface area contributed by atoms with Crippen LogP contribution in [-0.2, 0) is 11.2 Å². The van der Waals surface area contributed by atoms with Crippen LogP contribution < -0.4 is 16.0 Å². The predicted molar refractivity (Wildman–Crippen MR) is 160 cm³/mol. The molecule has 0 spiro atoms. The van der Waals surface area contributed by atoms with Gasteiger partial charge in [0.2, 0.25) is 5.91 Å². The number of anilines is 1. The SMILES string of the molecule is CC(=O)c1sc(NC(=O)N[C@@H]2CCN(CC(=O)NC(C)C)C[C@@H]2CN2CCC[C@@H](Cc3ccc(F)cc3)C2)nc1C. The normalized spacial score (nSPS) is 22.0. The highest BCUT2D eigenvalue weighted by atomic mass is 32.1. The number of nitrogens with one attached hydrogen (secondary N) is 3. The van der Waals surface area contributed by atoms with Crippen LogP contribution in [0.15, 0.2) is 24.3 Å². The first-order chi connectivity index (χ1) is 19.5. The molecule has 9 nitrogen and oxygen atoms in total. The first-order valence-corrected chi connectivity index (χ1v) is 15.4. The fourth-order valence-electron chi connectivity index (χ4n) is 6.04. The molecule has 1 aromatic carbocycles. The van der Waals surface area contributed by atoms with Gasteiger partial charge in [-0.1, -0.05) is 23.5 Å². The Morgan fingerprint density at radius 3 is 2.54 bits per heavy atom. The van der Waals surface area contributed by atoms with Gasteiger partial charge in [-0.3, -0.25) is 19.8 Å². The number of carbonyl (C=O) groups excluding carboxylic acids is 3. The molecule has 0 radical (unpaired) electrons. The van der Waals surface area contributed by atoms with Gasteiger partial charge in [-0.05, 0) is 76.6 Å². The molecule has 4 rings (SSSR count). The largest absolute Gasteiger partial charge is 0.353 e. The number of aromatic nitrogens is 1. The summed E-state index contributed by atoms with van der Waals surface area (Å²) in [5.41, 5.74) is 1.77. The van der Waals surface area contributed by atoms with Gasteiger partial charge in [-0.15, -0.1) is 0 Å². The number of ketones is 1. The molecule has 3 amide bonds. The number of rotatable bonds is 10. The second-order valence-electron chi connectivity index (χ2n) is 11.8. The van der Waals surface area contributed by atoms with E-state index >= 15 is 0 Å². The molecule has 0 saturated carbocycles. The maximum absolute atomic E-state index is 13.4. The number of halogens is 1. The summed E-state index contributed by atoms with van der Waals surface area (Å²) in [5, 5.41) is 9.38. The second kappa shape index (κ2) is 14.3. The van der Waals surface area contributed by atoms with E-state index in [1.54, 1.807) is 6.92 Å². The van der Waals surface area contributed by atoms with Crippen molar-refractivity contribution in [2.24, 2.45) is 11.8 Å². The number of aryl methyl sites for hydroxylation is 1. The Morgan fingerprint density at radius 2 is 1.85 bits per heavy atom. The lowest BCUT2D eigenvalue weighted by Crippen LogP contribution is -2.56. The number of piperidine rings is 2. The van der Waals surface area contributed by atoms with E-state index in [0.717, 1.165) is 50.9 Å². The molecule has 3 N–H and O–H groups in total. The Labute approximate surface area is 246 Å². The van der Waals surface area contributed by atoms with Crippen LogP contribution in [0.5, 0.6) is 0 Å². The molecule has 41 heavy (non-hydrogen) atoms. The molecule has 0 unspecified atom stereocenters. The second-order valence-corrected chi connectivity index (χ2v) is 12.8. The van der Waals surface area contributed by atoms with E-state index in [0.29, 0.717) is 41.3 Å². The molecule has 224 valence electrons. The van der Waals surface area contributed by atoms with E-state index in [4.69, 9.17) is 0 Å². The lowest BCUT2D eigenvalue weighted by Gasteiger charge is -2.42. The van der Waals surface area contributed by atoms with Crippen LogP contribution >= 0.6 is 11.3 Å². The summed E-state index contributed by atoms with van der Waals surface area (Å²) in [6.45, 7) is 11.7. The minimum absolute atomic E-state index is 0.0145. The molecule has 0 aliphatic carbocycles. The number of carbonyl (C=O) groups is 3. The van der Waals surface area contributed by atoms with Crippen LogP contribution in [0.1, 0.15) is 61.0 Å². The summed E-state index contributed by atoms with van der Waals surface area (Å²) >= 11 is 1.19. The smallest absolute Gasteiger partial charge is 0.321 e. The fourth-order valence-corrected chi connectivity index (χ4v) is 6.90. The highest BCUT2D eigenvalue weighted by Crippen LogP contribution is 2.26. The zero-order valence-corrected chi connectivity index (χ0v) is 25.4. The fraction of sp³-hybridized carbons (Fsp3) is 0.600. The van der Waals surface area contributed by atoms with Crippen LogP contribution in [0.25, 0.3) is 0 Å². The molecule has 2 fully saturated rings. The summed E-state index contributed by atoms with van der Waals surface area (Å²) in [6, 6.07) is 6.49.